The fourth-order valence-electron chi connectivity index (χ4n) is 1.43. The minimum Gasteiger partial charge on any atom is -0.465 e. The first kappa shape index (κ1) is 18.3. The van der Waals surface area contributed by atoms with Crippen molar-refractivity contribution in [3.63, 3.8) is 0 Å². The van der Waals surface area contributed by atoms with Crippen LogP contribution in [-0.4, -0.2) is 31.4 Å². The van der Waals surface area contributed by atoms with E-state index in [0.29, 0.717) is 0 Å². The molecule has 3 N–H and O–H groups in total. The SMILES string of the molecule is CC(C)(C)NS(=O)(=O)/N=C/c1c(Cl)ccc(NC(=O)O)c1F. The Morgan fingerprint density at radius 2 is 2.00 bits per heavy atom. The van der Waals surface area contributed by atoms with Gasteiger partial charge in [-0.3, -0.25) is 5.32 Å². The monoisotopic (exact) mass is 351 g/mol. The van der Waals surface area contributed by atoms with Gasteiger partial charge in [-0.1, -0.05) is 11.6 Å². The zero-order valence-corrected chi connectivity index (χ0v) is 13.6. The minimum atomic E-state index is -4.05. The van der Waals surface area contributed by atoms with Crippen LogP contribution in [-0.2, 0) is 10.2 Å². The second-order valence-electron chi connectivity index (χ2n) is 5.31. The van der Waals surface area contributed by atoms with Crippen LogP contribution in [0.5, 0.6) is 0 Å². The first-order valence-electron chi connectivity index (χ1n) is 5.98. The second kappa shape index (κ2) is 6.59. The lowest BCUT2D eigenvalue weighted by Gasteiger charge is -2.17. The second-order valence-corrected chi connectivity index (χ2v) is 7.09. The molecule has 0 fully saturated rings. The predicted octanol–water partition coefficient (Wildman–Crippen LogP) is 2.62. The molecule has 1 amide bonds. The number of anilines is 1. The highest BCUT2D eigenvalue weighted by atomic mass is 35.5. The van der Waals surface area contributed by atoms with Crippen LogP contribution in [0.4, 0.5) is 14.9 Å². The van der Waals surface area contributed by atoms with Crippen LogP contribution in [0, 0.1) is 5.82 Å². The molecule has 0 atom stereocenters. The first-order valence-corrected chi connectivity index (χ1v) is 7.80. The summed E-state index contributed by atoms with van der Waals surface area (Å²) >= 11 is 5.78. The van der Waals surface area contributed by atoms with Crippen LogP contribution in [0.2, 0.25) is 5.02 Å². The summed E-state index contributed by atoms with van der Waals surface area (Å²) in [5.41, 5.74) is -1.46. The van der Waals surface area contributed by atoms with Gasteiger partial charge in [-0.05, 0) is 32.9 Å². The highest BCUT2D eigenvalue weighted by Crippen LogP contribution is 2.24. The summed E-state index contributed by atoms with van der Waals surface area (Å²) in [6.45, 7) is 4.85. The number of halogens is 2. The zero-order chi connectivity index (χ0) is 17.1. The zero-order valence-electron chi connectivity index (χ0n) is 12.0. The maximum absolute atomic E-state index is 14.1. The van der Waals surface area contributed by atoms with E-state index in [-0.39, 0.29) is 16.3 Å². The summed E-state index contributed by atoms with van der Waals surface area (Å²) in [5.74, 6) is -1.02. The van der Waals surface area contributed by atoms with Gasteiger partial charge in [0.1, 0.15) is 0 Å². The van der Waals surface area contributed by atoms with Gasteiger partial charge < -0.3 is 5.11 Å². The van der Waals surface area contributed by atoms with Crippen molar-refractivity contribution in [1.29, 1.82) is 0 Å². The van der Waals surface area contributed by atoms with Crippen LogP contribution >= 0.6 is 11.6 Å². The number of carboxylic acid groups (broad SMARTS) is 1. The van der Waals surface area contributed by atoms with E-state index in [1.54, 1.807) is 20.8 Å². The van der Waals surface area contributed by atoms with Gasteiger partial charge in [0.25, 0.3) is 0 Å². The van der Waals surface area contributed by atoms with Crippen molar-refractivity contribution in [3.8, 4) is 0 Å². The molecular weight excluding hydrogens is 337 g/mol. The number of benzene rings is 1. The number of hydrogen-bond acceptors (Lipinski definition) is 3. The lowest BCUT2D eigenvalue weighted by atomic mass is 10.1. The number of hydrogen-bond donors (Lipinski definition) is 3. The molecule has 7 nitrogen and oxygen atoms in total. The Kier molecular flexibility index (Phi) is 5.49. The van der Waals surface area contributed by atoms with Gasteiger partial charge in [-0.2, -0.15) is 17.5 Å². The smallest absolute Gasteiger partial charge is 0.409 e. The third-order valence-electron chi connectivity index (χ3n) is 2.12. The van der Waals surface area contributed by atoms with Crippen LogP contribution in [0.15, 0.2) is 16.5 Å². The van der Waals surface area contributed by atoms with E-state index < -0.39 is 27.7 Å². The molecule has 22 heavy (non-hydrogen) atoms. The van der Waals surface area contributed by atoms with Crippen LogP contribution in [0.1, 0.15) is 26.3 Å². The maximum Gasteiger partial charge on any atom is 0.409 e. The molecule has 0 aliphatic carbocycles. The Morgan fingerprint density at radius 1 is 1.41 bits per heavy atom. The molecule has 0 bridgehead atoms. The lowest BCUT2D eigenvalue weighted by molar-refractivity contribution is 0.209. The summed E-state index contributed by atoms with van der Waals surface area (Å²) in [6.07, 6.45) is -0.746. The van der Waals surface area contributed by atoms with Crippen molar-refractivity contribution in [1.82, 2.24) is 4.72 Å². The molecule has 0 heterocycles. The van der Waals surface area contributed by atoms with E-state index in [0.717, 1.165) is 12.3 Å². The standard InChI is InChI=1S/C12H15ClFN3O4S/c1-12(2,3)17-22(20,21)15-6-7-8(13)4-5-9(10(7)14)16-11(18)19/h4-6,16-17H,1-3H3,(H,18,19)/b15-6+. The number of carbonyl (C=O) groups is 1. The third-order valence-corrected chi connectivity index (χ3v) is 3.71. The quantitative estimate of drug-likeness (QED) is 0.724. The Bertz CT molecular complexity index is 714. The molecule has 1 aromatic rings. The number of rotatable bonds is 4. The molecule has 122 valence electrons. The summed E-state index contributed by atoms with van der Waals surface area (Å²) < 4.78 is 43.1. The molecule has 0 saturated carbocycles. The number of amides is 1. The predicted molar refractivity (Wildman–Crippen MR) is 82.5 cm³/mol. The van der Waals surface area contributed by atoms with Gasteiger partial charge in [0, 0.05) is 5.54 Å². The molecule has 0 aliphatic heterocycles. The topological polar surface area (TPSA) is 108 Å². The highest BCUT2D eigenvalue weighted by molar-refractivity contribution is 7.88. The van der Waals surface area contributed by atoms with Crippen LogP contribution in [0.3, 0.4) is 0 Å². The van der Waals surface area contributed by atoms with Gasteiger partial charge >= 0.3 is 16.3 Å². The summed E-state index contributed by atoms with van der Waals surface area (Å²) in [6, 6.07) is 2.34. The molecule has 0 radical (unpaired) electrons. The van der Waals surface area contributed by atoms with Crippen molar-refractivity contribution in [2.75, 3.05) is 5.32 Å². The number of nitrogens with zero attached hydrogens (tertiary/aromatic N) is 1. The van der Waals surface area contributed by atoms with Crippen LogP contribution in [0.25, 0.3) is 0 Å². The fourth-order valence-corrected chi connectivity index (χ4v) is 2.70. The lowest BCUT2D eigenvalue weighted by Crippen LogP contribution is -2.39. The van der Waals surface area contributed by atoms with E-state index >= 15 is 0 Å². The summed E-state index contributed by atoms with van der Waals surface area (Å²) in [5, 5.41) is 10.3. The highest BCUT2D eigenvalue weighted by Gasteiger charge is 2.19. The Labute approximate surface area is 132 Å². The van der Waals surface area contributed by atoms with Crippen molar-refractivity contribution >= 4 is 39.8 Å². The molecule has 0 saturated heterocycles. The Hall–Kier alpha value is -1.71. The average molecular weight is 352 g/mol. The van der Waals surface area contributed by atoms with Crippen molar-refractivity contribution < 1.29 is 22.7 Å². The molecule has 0 aliphatic rings. The van der Waals surface area contributed by atoms with E-state index in [1.165, 1.54) is 6.07 Å². The van der Waals surface area contributed by atoms with E-state index in [4.69, 9.17) is 16.7 Å². The molecule has 10 heteroatoms. The third kappa shape index (κ3) is 5.58. The molecule has 0 unspecified atom stereocenters. The van der Waals surface area contributed by atoms with Gasteiger partial charge in [0.2, 0.25) is 0 Å². The molecule has 1 rings (SSSR count). The van der Waals surface area contributed by atoms with E-state index in [2.05, 4.69) is 9.12 Å². The van der Waals surface area contributed by atoms with Crippen LogP contribution < -0.4 is 10.0 Å². The molecule has 1 aromatic carbocycles. The van der Waals surface area contributed by atoms with E-state index in [9.17, 15) is 17.6 Å². The van der Waals surface area contributed by atoms with Gasteiger partial charge in [-0.15, -0.1) is 0 Å². The Balaban J connectivity index is 3.17. The summed E-state index contributed by atoms with van der Waals surface area (Å²) in [7, 11) is -4.05. The molecule has 0 aromatic heterocycles. The molecule has 0 spiro atoms. The molecular formula is C12H15ClFN3O4S. The van der Waals surface area contributed by atoms with Gasteiger partial charge in [-0.25, -0.2) is 9.18 Å². The minimum absolute atomic E-state index is 0.108. The van der Waals surface area contributed by atoms with Crippen molar-refractivity contribution in [2.45, 2.75) is 26.3 Å². The van der Waals surface area contributed by atoms with E-state index in [1.807, 2.05) is 5.32 Å². The average Bonchev–Trinajstić information content (AvgIpc) is 2.29. The number of nitrogens with one attached hydrogen (secondary N) is 2. The van der Waals surface area contributed by atoms with Crippen molar-refractivity contribution in [2.24, 2.45) is 4.40 Å². The van der Waals surface area contributed by atoms with Crippen molar-refractivity contribution in [3.05, 3.63) is 28.5 Å². The van der Waals surface area contributed by atoms with Gasteiger partial charge in [0.05, 0.1) is 22.5 Å². The Morgan fingerprint density at radius 3 is 2.50 bits per heavy atom. The normalized spacial score (nSPS) is 12.6. The largest absolute Gasteiger partial charge is 0.465 e. The summed E-state index contributed by atoms with van der Waals surface area (Å²) in [4.78, 5) is 10.5. The van der Waals surface area contributed by atoms with Gasteiger partial charge in [0.15, 0.2) is 5.82 Å². The maximum atomic E-state index is 14.1. The first-order chi connectivity index (χ1) is 9.91. The fraction of sp³-hybridized carbons (Fsp3) is 0.333.